The maximum absolute atomic E-state index is 2.83. The van der Waals surface area contributed by atoms with Crippen LogP contribution in [0.5, 0.6) is 0 Å². The van der Waals surface area contributed by atoms with E-state index in [1.165, 1.54) is 68.4 Å². The zero-order valence-electron chi connectivity index (χ0n) is 28.6. The minimum Gasteiger partial charge on any atom is -0.195 e. The van der Waals surface area contributed by atoms with Gasteiger partial charge in [-0.15, -0.1) is 0 Å². The van der Waals surface area contributed by atoms with Gasteiger partial charge in [-0.25, -0.2) is 0 Å². The van der Waals surface area contributed by atoms with E-state index in [9.17, 15) is 0 Å². The van der Waals surface area contributed by atoms with E-state index >= 15 is 0 Å². The molecule has 0 radical (unpaired) electrons. The van der Waals surface area contributed by atoms with Gasteiger partial charge in [-0.3, -0.25) is 0 Å². The van der Waals surface area contributed by atoms with Crippen molar-refractivity contribution in [1.29, 1.82) is 0 Å². The van der Waals surface area contributed by atoms with E-state index in [2.05, 4.69) is 136 Å². The van der Waals surface area contributed by atoms with Gasteiger partial charge < -0.3 is 0 Å². The van der Waals surface area contributed by atoms with Crippen molar-refractivity contribution in [3.63, 3.8) is 0 Å². The van der Waals surface area contributed by atoms with Crippen LogP contribution in [0.2, 0.25) is 0 Å². The van der Waals surface area contributed by atoms with Gasteiger partial charge in [0.1, 0.15) is 5.92 Å². The third-order valence-corrected chi connectivity index (χ3v) is 13.2. The Hall–Kier alpha value is -3.78. The smallest absolute Gasteiger partial charge is 0.195 e. The highest BCUT2D eigenvalue weighted by Gasteiger charge is 2.88. The van der Waals surface area contributed by atoms with Crippen molar-refractivity contribution in [2.45, 2.75) is 109 Å². The van der Waals surface area contributed by atoms with Crippen LogP contribution in [-0.4, -0.2) is 0 Å². The Labute approximate surface area is 275 Å². The maximum Gasteiger partial charge on any atom is 0.221 e. The molecule has 3 aromatic carbocycles. The molecule has 5 aromatic rings. The summed E-state index contributed by atoms with van der Waals surface area (Å²) < 4.78 is 5.51. The van der Waals surface area contributed by atoms with E-state index in [4.69, 9.17) is 0 Å². The van der Waals surface area contributed by atoms with Gasteiger partial charge in [-0.1, -0.05) is 90.4 Å². The summed E-state index contributed by atoms with van der Waals surface area (Å²) >= 11 is 0. The Morgan fingerprint density at radius 1 is 0.783 bits per heavy atom. The first kappa shape index (κ1) is 28.4. The van der Waals surface area contributed by atoms with E-state index in [1.54, 1.807) is 11.1 Å². The highest BCUT2D eigenvalue weighted by atomic mass is 15.2. The first-order valence-electron chi connectivity index (χ1n) is 18.2. The number of aromatic nitrogens is 2. The fraction of sp³-hybridized carbons (Fsp3) is 0.409. The minimum atomic E-state index is -0.0500. The molecule has 2 aliphatic heterocycles. The lowest BCUT2D eigenvalue weighted by Crippen LogP contribution is -2.57. The molecule has 4 unspecified atom stereocenters. The van der Waals surface area contributed by atoms with Crippen LogP contribution in [0.3, 0.4) is 0 Å². The summed E-state index contributed by atoms with van der Waals surface area (Å²) in [6, 6.07) is 29.5. The Morgan fingerprint density at radius 2 is 1.63 bits per heavy atom. The normalized spacial score (nSPS) is 25.5. The predicted octanol–water partition coefficient (Wildman–Crippen LogP) is 9.49. The van der Waals surface area contributed by atoms with Crippen molar-refractivity contribution in [3.05, 3.63) is 119 Å². The van der Waals surface area contributed by atoms with Crippen molar-refractivity contribution in [2.24, 2.45) is 5.92 Å². The van der Waals surface area contributed by atoms with Crippen LogP contribution in [0.4, 0.5) is 0 Å². The van der Waals surface area contributed by atoms with E-state index in [1.807, 2.05) is 0 Å². The molecule has 0 bridgehead atoms. The first-order chi connectivity index (χ1) is 22.4. The van der Waals surface area contributed by atoms with Gasteiger partial charge in [0.05, 0.1) is 16.4 Å². The third-order valence-electron chi connectivity index (χ3n) is 13.2. The summed E-state index contributed by atoms with van der Waals surface area (Å²) in [6.07, 6.45) is 13.0. The molecular weight excluding hydrogens is 556 g/mol. The van der Waals surface area contributed by atoms with Gasteiger partial charge in [0, 0.05) is 42.0 Å². The van der Waals surface area contributed by atoms with Crippen LogP contribution in [0.15, 0.2) is 85.2 Å². The summed E-state index contributed by atoms with van der Waals surface area (Å²) in [5.74, 6) is 0.492. The van der Waals surface area contributed by atoms with Crippen LogP contribution in [0.25, 0.3) is 33.3 Å². The van der Waals surface area contributed by atoms with Gasteiger partial charge in [0.2, 0.25) is 11.4 Å². The molecule has 1 saturated carbocycles. The fourth-order valence-corrected chi connectivity index (χ4v) is 11.2. The molecule has 2 aromatic heterocycles. The second-order valence-electron chi connectivity index (χ2n) is 15.3. The van der Waals surface area contributed by atoms with Crippen molar-refractivity contribution in [3.8, 4) is 22.5 Å². The standard InChI is InChI=1S/C44H48N2/c1-7-11-15-29-24-31-21-23-46-40-38(31)35(26-29)42(5,6)33-16-14-17-34(39(33)40)43(9-3)41(44(43,46)10-4)37-27-30-20-19-28(8-2)25-32(30)36-18-12-13-22-45(36)37/h12-14,16-26,37,41H,7-11,15,27H2,1-6H3/q+2. The second kappa shape index (κ2) is 9.63. The lowest BCUT2D eigenvalue weighted by atomic mass is 9.65. The van der Waals surface area contributed by atoms with Gasteiger partial charge in [0.25, 0.3) is 0 Å². The zero-order valence-corrected chi connectivity index (χ0v) is 28.6. The van der Waals surface area contributed by atoms with Crippen LogP contribution in [0, 0.1) is 5.92 Å². The molecule has 0 saturated heterocycles. The lowest BCUT2D eigenvalue weighted by molar-refractivity contribution is -0.756. The molecule has 0 amide bonds. The Balaban J connectivity index is 1.33. The number of benzene rings is 3. The number of unbranched alkanes of at least 4 members (excludes halogenated alkanes) is 1. The van der Waals surface area contributed by atoms with Gasteiger partial charge in [-0.2, -0.15) is 9.13 Å². The monoisotopic (exact) mass is 604 g/mol. The van der Waals surface area contributed by atoms with Crippen molar-refractivity contribution in [2.75, 3.05) is 0 Å². The molecule has 2 heteroatoms. The highest BCUT2D eigenvalue weighted by Crippen LogP contribution is 2.76. The van der Waals surface area contributed by atoms with E-state index in [0.29, 0.717) is 12.0 Å². The van der Waals surface area contributed by atoms with Crippen LogP contribution >= 0.6 is 0 Å². The molecule has 4 heterocycles. The fourth-order valence-electron chi connectivity index (χ4n) is 11.2. The van der Waals surface area contributed by atoms with Crippen LogP contribution < -0.4 is 9.13 Å². The molecule has 0 N–H and O–H groups in total. The quantitative estimate of drug-likeness (QED) is 0.164. The van der Waals surface area contributed by atoms with Crippen LogP contribution in [-0.2, 0) is 35.6 Å². The average molecular weight is 605 g/mol. The number of hydrogen-bond donors (Lipinski definition) is 0. The SMILES string of the molecule is CCCCc1cc2c3c4[n+](ccc3c1)C1(CC)C(C3Cc5ccc(CC)cc5-c5cccc[n+]53)C1(CC)c1cccc(c1-4)C2(C)C. The Morgan fingerprint density at radius 3 is 2.41 bits per heavy atom. The van der Waals surface area contributed by atoms with Crippen molar-refractivity contribution < 1.29 is 9.13 Å². The molecule has 232 valence electrons. The third kappa shape index (κ3) is 3.24. The Kier molecular flexibility index (Phi) is 5.95. The number of fused-ring (bicyclic) bond motifs is 6. The summed E-state index contributed by atoms with van der Waals surface area (Å²) in [7, 11) is 0. The number of hydrogen-bond acceptors (Lipinski definition) is 0. The number of aryl methyl sites for hydroxylation is 2. The molecule has 2 aliphatic carbocycles. The summed E-state index contributed by atoms with van der Waals surface area (Å²) in [5.41, 5.74) is 15.0. The molecule has 4 atom stereocenters. The molecule has 0 spiro atoms. The van der Waals surface area contributed by atoms with Crippen LogP contribution in [0.1, 0.15) is 107 Å². The first-order valence-corrected chi connectivity index (χ1v) is 18.2. The number of pyridine rings is 2. The second-order valence-corrected chi connectivity index (χ2v) is 15.3. The predicted molar refractivity (Wildman–Crippen MR) is 188 cm³/mol. The summed E-state index contributed by atoms with van der Waals surface area (Å²) in [5, 5.41) is 2.93. The van der Waals surface area contributed by atoms with E-state index < -0.39 is 0 Å². The molecule has 4 aliphatic rings. The molecule has 9 rings (SSSR count). The molecule has 1 fully saturated rings. The Bertz CT molecular complexity index is 2080. The average Bonchev–Trinajstić information content (AvgIpc) is 3.73. The molecular formula is C44H48N2+2. The number of nitrogens with zero attached hydrogens (tertiary/aromatic N) is 2. The zero-order chi connectivity index (χ0) is 31.6. The summed E-state index contributed by atoms with van der Waals surface area (Å²) in [4.78, 5) is 0. The van der Waals surface area contributed by atoms with E-state index in [0.717, 1.165) is 32.1 Å². The largest absolute Gasteiger partial charge is 0.221 e. The van der Waals surface area contributed by atoms with Gasteiger partial charge >= 0.3 is 0 Å². The molecule has 46 heavy (non-hydrogen) atoms. The van der Waals surface area contributed by atoms with Crippen molar-refractivity contribution in [1.82, 2.24) is 0 Å². The van der Waals surface area contributed by atoms with Gasteiger partial charge in [0.15, 0.2) is 24.0 Å². The number of rotatable bonds is 7. The minimum absolute atomic E-state index is 0.0299. The van der Waals surface area contributed by atoms with Crippen molar-refractivity contribution >= 4 is 10.8 Å². The maximum atomic E-state index is 2.83. The van der Waals surface area contributed by atoms with Gasteiger partial charge in [-0.05, 0) is 76.6 Å². The lowest BCUT2D eigenvalue weighted by Gasteiger charge is -2.39. The topological polar surface area (TPSA) is 7.76 Å². The summed E-state index contributed by atoms with van der Waals surface area (Å²) in [6.45, 7) is 14.5. The highest BCUT2D eigenvalue weighted by molar-refractivity contribution is 6.02. The molecule has 2 nitrogen and oxygen atoms in total. The van der Waals surface area contributed by atoms with E-state index in [-0.39, 0.29) is 16.4 Å².